The smallest absolute Gasteiger partial charge is 0.255 e. The number of benzene rings is 1. The zero-order chi connectivity index (χ0) is 15.1. The van der Waals surface area contributed by atoms with Crippen molar-refractivity contribution in [3.8, 4) is 0 Å². The fourth-order valence-corrected chi connectivity index (χ4v) is 1.93. The van der Waals surface area contributed by atoms with Gasteiger partial charge in [0, 0.05) is 26.6 Å². The summed E-state index contributed by atoms with van der Waals surface area (Å²) >= 11 is 0. The summed E-state index contributed by atoms with van der Waals surface area (Å²) in [6, 6.07) is 6.84. The molecule has 0 saturated heterocycles. The highest BCUT2D eigenvalue weighted by molar-refractivity contribution is 6.03. The van der Waals surface area contributed by atoms with Crippen molar-refractivity contribution in [3.63, 3.8) is 0 Å². The van der Waals surface area contributed by atoms with E-state index in [4.69, 9.17) is 5.73 Å². The molecule has 1 aromatic rings. The maximum atomic E-state index is 12.0. The average Bonchev–Trinajstić information content (AvgIpc) is 2.38. The van der Waals surface area contributed by atoms with Crippen molar-refractivity contribution in [2.24, 2.45) is 5.73 Å². The quantitative estimate of drug-likeness (QED) is 0.833. The Morgan fingerprint density at radius 1 is 1.30 bits per heavy atom. The third kappa shape index (κ3) is 4.66. The van der Waals surface area contributed by atoms with Crippen LogP contribution in [0.5, 0.6) is 0 Å². The van der Waals surface area contributed by atoms with Crippen LogP contribution >= 0.6 is 0 Å². The van der Waals surface area contributed by atoms with Gasteiger partial charge in [-0.25, -0.2) is 0 Å². The van der Waals surface area contributed by atoms with Crippen LogP contribution in [0.15, 0.2) is 24.3 Å². The second kappa shape index (κ2) is 7.65. The molecule has 2 amide bonds. The second-order valence-electron chi connectivity index (χ2n) is 5.05. The number of anilines is 1. The van der Waals surface area contributed by atoms with E-state index in [1.54, 1.807) is 38.4 Å². The van der Waals surface area contributed by atoms with E-state index < -0.39 is 0 Å². The van der Waals surface area contributed by atoms with E-state index in [1.165, 1.54) is 4.90 Å². The van der Waals surface area contributed by atoms with E-state index in [-0.39, 0.29) is 24.3 Å². The molecule has 0 spiro atoms. The number of carbonyl (C=O) groups excluding carboxylic acids is 2. The van der Waals surface area contributed by atoms with Gasteiger partial charge in [-0.1, -0.05) is 25.5 Å². The molecule has 0 aliphatic carbocycles. The van der Waals surface area contributed by atoms with Gasteiger partial charge in [-0.3, -0.25) is 9.59 Å². The average molecular weight is 277 g/mol. The standard InChI is InChI=1S/C15H23N3O2/c1-4-7-11(16)10-14(19)17-13-9-6-5-8-12(13)15(20)18(2)3/h5-6,8-9,11H,4,7,10,16H2,1-3H3,(H,17,19). The minimum absolute atomic E-state index is 0.140. The maximum absolute atomic E-state index is 12.0. The number of hydrogen-bond donors (Lipinski definition) is 2. The zero-order valence-electron chi connectivity index (χ0n) is 12.3. The van der Waals surface area contributed by atoms with Gasteiger partial charge in [-0.15, -0.1) is 0 Å². The molecule has 1 unspecified atom stereocenters. The molecule has 0 radical (unpaired) electrons. The molecule has 0 aliphatic rings. The van der Waals surface area contributed by atoms with Gasteiger partial charge in [-0.05, 0) is 18.6 Å². The van der Waals surface area contributed by atoms with E-state index in [1.807, 2.05) is 6.92 Å². The molecule has 0 bridgehead atoms. The van der Waals surface area contributed by atoms with E-state index in [0.717, 1.165) is 12.8 Å². The van der Waals surface area contributed by atoms with Crippen LogP contribution in [-0.4, -0.2) is 36.9 Å². The monoisotopic (exact) mass is 277 g/mol. The van der Waals surface area contributed by atoms with Crippen LogP contribution in [0.3, 0.4) is 0 Å². The minimum Gasteiger partial charge on any atom is -0.345 e. The van der Waals surface area contributed by atoms with Crippen LogP contribution < -0.4 is 11.1 Å². The van der Waals surface area contributed by atoms with Crippen molar-refractivity contribution in [1.82, 2.24) is 4.90 Å². The van der Waals surface area contributed by atoms with Gasteiger partial charge < -0.3 is 16.0 Å². The number of nitrogens with one attached hydrogen (secondary N) is 1. The van der Waals surface area contributed by atoms with Crippen molar-refractivity contribution in [2.45, 2.75) is 32.2 Å². The molecule has 0 aromatic heterocycles. The highest BCUT2D eigenvalue weighted by Gasteiger charge is 2.15. The lowest BCUT2D eigenvalue weighted by molar-refractivity contribution is -0.116. The van der Waals surface area contributed by atoms with Gasteiger partial charge in [0.25, 0.3) is 5.91 Å². The second-order valence-corrected chi connectivity index (χ2v) is 5.05. The first-order chi connectivity index (χ1) is 9.45. The summed E-state index contributed by atoms with van der Waals surface area (Å²) in [7, 11) is 3.36. The molecule has 5 heteroatoms. The molecule has 0 aliphatic heterocycles. The first-order valence-electron chi connectivity index (χ1n) is 6.81. The Morgan fingerprint density at radius 2 is 1.95 bits per heavy atom. The molecule has 0 saturated carbocycles. The predicted molar refractivity (Wildman–Crippen MR) is 80.6 cm³/mol. The SMILES string of the molecule is CCCC(N)CC(=O)Nc1ccccc1C(=O)N(C)C. The molecule has 0 fully saturated rings. The molecule has 1 atom stereocenters. The van der Waals surface area contributed by atoms with Gasteiger partial charge in [0.05, 0.1) is 11.3 Å². The highest BCUT2D eigenvalue weighted by Crippen LogP contribution is 2.17. The maximum Gasteiger partial charge on any atom is 0.255 e. The Hall–Kier alpha value is -1.88. The highest BCUT2D eigenvalue weighted by atomic mass is 16.2. The van der Waals surface area contributed by atoms with Crippen molar-refractivity contribution in [1.29, 1.82) is 0 Å². The summed E-state index contributed by atoms with van der Waals surface area (Å²) in [6.45, 7) is 2.03. The van der Waals surface area contributed by atoms with Crippen LogP contribution in [0, 0.1) is 0 Å². The van der Waals surface area contributed by atoms with Gasteiger partial charge in [0.15, 0.2) is 0 Å². The number of nitrogens with zero attached hydrogens (tertiary/aromatic N) is 1. The Labute approximate surface area is 120 Å². The van der Waals surface area contributed by atoms with Crippen LogP contribution in [0.25, 0.3) is 0 Å². The number of amides is 2. The Balaban J connectivity index is 2.77. The summed E-state index contributed by atoms with van der Waals surface area (Å²) in [5.41, 5.74) is 6.86. The van der Waals surface area contributed by atoms with E-state index >= 15 is 0 Å². The summed E-state index contributed by atoms with van der Waals surface area (Å²) in [5, 5.41) is 2.77. The van der Waals surface area contributed by atoms with Crippen molar-refractivity contribution >= 4 is 17.5 Å². The normalized spacial score (nSPS) is 11.8. The van der Waals surface area contributed by atoms with Crippen LogP contribution in [0.2, 0.25) is 0 Å². The van der Waals surface area contributed by atoms with Gasteiger partial charge >= 0.3 is 0 Å². The lowest BCUT2D eigenvalue weighted by Crippen LogP contribution is -2.28. The number of para-hydroxylation sites is 1. The summed E-state index contributed by atoms with van der Waals surface area (Å²) in [4.78, 5) is 25.4. The van der Waals surface area contributed by atoms with Crippen molar-refractivity contribution in [3.05, 3.63) is 29.8 Å². The molecule has 1 aromatic carbocycles. The molecular weight excluding hydrogens is 254 g/mol. The first kappa shape index (κ1) is 16.2. The fraction of sp³-hybridized carbons (Fsp3) is 0.467. The topological polar surface area (TPSA) is 75.4 Å². The molecule has 110 valence electrons. The molecule has 1 rings (SSSR count). The van der Waals surface area contributed by atoms with Crippen molar-refractivity contribution < 1.29 is 9.59 Å². The van der Waals surface area contributed by atoms with E-state index in [0.29, 0.717) is 11.3 Å². The molecular formula is C15H23N3O2. The zero-order valence-corrected chi connectivity index (χ0v) is 12.3. The third-order valence-corrected chi connectivity index (χ3v) is 2.94. The summed E-state index contributed by atoms with van der Waals surface area (Å²) in [5.74, 6) is -0.302. The summed E-state index contributed by atoms with van der Waals surface area (Å²) < 4.78 is 0. The predicted octanol–water partition coefficient (Wildman–Crippen LogP) is 1.84. The third-order valence-electron chi connectivity index (χ3n) is 2.94. The number of carbonyl (C=O) groups is 2. The van der Waals surface area contributed by atoms with Crippen molar-refractivity contribution in [2.75, 3.05) is 19.4 Å². The van der Waals surface area contributed by atoms with Crippen LogP contribution in [0.1, 0.15) is 36.5 Å². The Bertz CT molecular complexity index is 472. The van der Waals surface area contributed by atoms with Gasteiger partial charge in [0.1, 0.15) is 0 Å². The van der Waals surface area contributed by atoms with Gasteiger partial charge in [-0.2, -0.15) is 0 Å². The Kier molecular flexibility index (Phi) is 6.18. The molecule has 20 heavy (non-hydrogen) atoms. The van der Waals surface area contributed by atoms with Crippen LogP contribution in [0.4, 0.5) is 5.69 Å². The number of rotatable bonds is 6. The number of hydrogen-bond acceptors (Lipinski definition) is 3. The molecule has 0 heterocycles. The lowest BCUT2D eigenvalue weighted by atomic mass is 10.1. The lowest BCUT2D eigenvalue weighted by Gasteiger charge is -2.15. The summed E-state index contributed by atoms with van der Waals surface area (Å²) in [6.07, 6.45) is 2.02. The molecule has 5 nitrogen and oxygen atoms in total. The van der Waals surface area contributed by atoms with E-state index in [2.05, 4.69) is 5.32 Å². The minimum atomic E-state index is -0.162. The van der Waals surface area contributed by atoms with Gasteiger partial charge in [0.2, 0.25) is 5.91 Å². The Morgan fingerprint density at radius 3 is 2.55 bits per heavy atom. The number of nitrogens with two attached hydrogens (primary N) is 1. The van der Waals surface area contributed by atoms with E-state index in [9.17, 15) is 9.59 Å². The molecule has 3 N–H and O–H groups in total. The van der Waals surface area contributed by atoms with Crippen LogP contribution in [-0.2, 0) is 4.79 Å². The fourth-order valence-electron chi connectivity index (χ4n) is 1.93. The first-order valence-corrected chi connectivity index (χ1v) is 6.81. The largest absolute Gasteiger partial charge is 0.345 e.